The molecule has 0 aromatic heterocycles. The fraction of sp³-hybridized carbons (Fsp3) is 0.923. The molecule has 0 aliphatic carbocycles. The number of hydrogen-bond donors (Lipinski definition) is 2. The molecule has 0 aromatic carbocycles. The summed E-state index contributed by atoms with van der Waals surface area (Å²) in [7, 11) is 2.16. The van der Waals surface area contributed by atoms with Gasteiger partial charge in [0.15, 0.2) is 0 Å². The number of carbonyl (C=O) groups excluding carboxylic acids is 1. The predicted molar refractivity (Wildman–Crippen MR) is 68.9 cm³/mol. The van der Waals surface area contributed by atoms with Gasteiger partial charge in [0.1, 0.15) is 0 Å². The molecule has 4 nitrogen and oxygen atoms in total. The van der Waals surface area contributed by atoms with Crippen molar-refractivity contribution in [2.45, 2.75) is 57.2 Å². The van der Waals surface area contributed by atoms with E-state index in [1.54, 1.807) is 0 Å². The average molecular weight is 239 g/mol. The quantitative estimate of drug-likeness (QED) is 0.743. The van der Waals surface area contributed by atoms with Gasteiger partial charge in [0.05, 0.1) is 0 Å². The van der Waals surface area contributed by atoms with Gasteiger partial charge in [-0.05, 0) is 39.7 Å². The van der Waals surface area contributed by atoms with Crippen molar-refractivity contribution in [2.24, 2.45) is 0 Å². The molecule has 2 N–H and O–H groups in total. The molecule has 98 valence electrons. The van der Waals surface area contributed by atoms with Crippen molar-refractivity contribution in [3.05, 3.63) is 0 Å². The van der Waals surface area contributed by atoms with E-state index in [1.807, 2.05) is 6.92 Å². The fourth-order valence-electron chi connectivity index (χ4n) is 3.13. The van der Waals surface area contributed by atoms with Crippen LogP contribution in [0, 0.1) is 0 Å². The Morgan fingerprint density at radius 3 is 2.59 bits per heavy atom. The second kappa shape index (κ2) is 5.83. The van der Waals surface area contributed by atoms with Crippen molar-refractivity contribution in [2.75, 3.05) is 20.1 Å². The molecule has 0 spiro atoms. The Kier molecular flexibility index (Phi) is 4.40. The van der Waals surface area contributed by atoms with Gasteiger partial charge in [0.25, 0.3) is 0 Å². The minimum atomic E-state index is 0.177. The smallest absolute Gasteiger partial charge is 0.221 e. The van der Waals surface area contributed by atoms with Crippen LogP contribution in [-0.2, 0) is 4.79 Å². The standard InChI is InChI=1S/C13H25N3O/c1-3-14-13(17)6-7-16(2)12-8-10-4-5-11(9-12)15-10/h10-12,15H,3-9H2,1-2H3,(H,14,17). The van der Waals surface area contributed by atoms with Gasteiger partial charge in [0.2, 0.25) is 5.91 Å². The molecule has 4 heteroatoms. The van der Waals surface area contributed by atoms with Crippen molar-refractivity contribution in [3.8, 4) is 0 Å². The zero-order chi connectivity index (χ0) is 12.3. The predicted octanol–water partition coefficient (Wildman–Crippen LogP) is 0.727. The van der Waals surface area contributed by atoms with Gasteiger partial charge >= 0.3 is 0 Å². The lowest BCUT2D eigenvalue weighted by Crippen LogP contribution is -2.47. The van der Waals surface area contributed by atoms with Crippen LogP contribution in [0.1, 0.15) is 39.0 Å². The molecule has 0 saturated carbocycles. The maximum atomic E-state index is 11.4. The molecule has 0 aromatic rings. The number of hydrogen-bond acceptors (Lipinski definition) is 3. The highest BCUT2D eigenvalue weighted by atomic mass is 16.1. The number of carbonyl (C=O) groups is 1. The van der Waals surface area contributed by atoms with Crippen LogP contribution in [-0.4, -0.2) is 49.1 Å². The van der Waals surface area contributed by atoms with E-state index in [1.165, 1.54) is 25.7 Å². The monoisotopic (exact) mass is 239 g/mol. The van der Waals surface area contributed by atoms with Crippen LogP contribution in [0.2, 0.25) is 0 Å². The Labute approximate surface area is 104 Å². The zero-order valence-corrected chi connectivity index (χ0v) is 11.0. The van der Waals surface area contributed by atoms with E-state index in [0.717, 1.165) is 25.2 Å². The van der Waals surface area contributed by atoms with Crippen molar-refractivity contribution in [3.63, 3.8) is 0 Å². The first-order chi connectivity index (χ1) is 8.19. The Hall–Kier alpha value is -0.610. The summed E-state index contributed by atoms with van der Waals surface area (Å²) in [6, 6.07) is 2.12. The molecule has 0 radical (unpaired) electrons. The lowest BCUT2D eigenvalue weighted by Gasteiger charge is -2.35. The van der Waals surface area contributed by atoms with Crippen LogP contribution in [0.4, 0.5) is 0 Å². The summed E-state index contributed by atoms with van der Waals surface area (Å²) >= 11 is 0. The lowest BCUT2D eigenvalue weighted by molar-refractivity contribution is -0.121. The molecule has 2 aliphatic rings. The molecule has 2 saturated heterocycles. The maximum Gasteiger partial charge on any atom is 0.221 e. The highest BCUT2D eigenvalue weighted by Crippen LogP contribution is 2.29. The second-order valence-corrected chi connectivity index (χ2v) is 5.45. The normalized spacial score (nSPS) is 31.8. The van der Waals surface area contributed by atoms with Gasteiger partial charge in [-0.3, -0.25) is 4.79 Å². The SMILES string of the molecule is CCNC(=O)CCN(C)C1CC2CCC(C1)N2. The fourth-order valence-corrected chi connectivity index (χ4v) is 3.13. The molecular weight excluding hydrogens is 214 g/mol. The molecule has 1 amide bonds. The van der Waals surface area contributed by atoms with E-state index in [-0.39, 0.29) is 5.91 Å². The summed E-state index contributed by atoms with van der Waals surface area (Å²) in [4.78, 5) is 13.8. The number of nitrogens with one attached hydrogen (secondary N) is 2. The zero-order valence-electron chi connectivity index (χ0n) is 11.0. The molecule has 17 heavy (non-hydrogen) atoms. The van der Waals surface area contributed by atoms with Gasteiger partial charge in [-0.25, -0.2) is 0 Å². The molecular formula is C13H25N3O. The summed E-state index contributed by atoms with van der Waals surface area (Å²) in [5.41, 5.74) is 0. The van der Waals surface area contributed by atoms with Crippen molar-refractivity contribution < 1.29 is 4.79 Å². The summed E-state index contributed by atoms with van der Waals surface area (Å²) < 4.78 is 0. The van der Waals surface area contributed by atoms with Crippen molar-refractivity contribution >= 4 is 5.91 Å². The first kappa shape index (κ1) is 12.8. The number of amides is 1. The van der Waals surface area contributed by atoms with Crippen LogP contribution >= 0.6 is 0 Å². The molecule has 2 fully saturated rings. The number of nitrogens with zero attached hydrogens (tertiary/aromatic N) is 1. The van der Waals surface area contributed by atoms with Crippen LogP contribution in [0.15, 0.2) is 0 Å². The minimum Gasteiger partial charge on any atom is -0.356 e. The highest BCUT2D eigenvalue weighted by molar-refractivity contribution is 5.75. The largest absolute Gasteiger partial charge is 0.356 e. The van der Waals surface area contributed by atoms with E-state index in [4.69, 9.17) is 0 Å². The third-order valence-electron chi connectivity index (χ3n) is 4.14. The van der Waals surface area contributed by atoms with Crippen molar-refractivity contribution in [1.82, 2.24) is 15.5 Å². The summed E-state index contributed by atoms with van der Waals surface area (Å²) in [5, 5.41) is 6.51. The molecule has 2 rings (SSSR count). The van der Waals surface area contributed by atoms with E-state index in [9.17, 15) is 4.79 Å². The van der Waals surface area contributed by atoms with Crippen molar-refractivity contribution in [1.29, 1.82) is 0 Å². The third kappa shape index (κ3) is 3.42. The van der Waals surface area contributed by atoms with Gasteiger partial charge in [-0.1, -0.05) is 0 Å². The Bertz CT molecular complexity index is 257. The van der Waals surface area contributed by atoms with Gasteiger partial charge < -0.3 is 15.5 Å². The van der Waals surface area contributed by atoms with Crippen LogP contribution in [0.5, 0.6) is 0 Å². The minimum absolute atomic E-state index is 0.177. The van der Waals surface area contributed by atoms with E-state index in [0.29, 0.717) is 12.5 Å². The van der Waals surface area contributed by atoms with E-state index in [2.05, 4.69) is 22.6 Å². The highest BCUT2D eigenvalue weighted by Gasteiger charge is 2.34. The molecule has 2 aliphatic heterocycles. The summed E-state index contributed by atoms with van der Waals surface area (Å²) in [5.74, 6) is 0.177. The summed E-state index contributed by atoms with van der Waals surface area (Å²) in [6.45, 7) is 3.59. The Morgan fingerprint density at radius 1 is 1.35 bits per heavy atom. The van der Waals surface area contributed by atoms with Crippen LogP contribution in [0.25, 0.3) is 0 Å². The average Bonchev–Trinajstić information content (AvgIpc) is 2.65. The number of piperidine rings is 1. The van der Waals surface area contributed by atoms with Gasteiger partial charge in [-0.15, -0.1) is 0 Å². The molecule has 2 heterocycles. The number of fused-ring (bicyclic) bond motifs is 2. The van der Waals surface area contributed by atoms with Gasteiger partial charge in [0, 0.05) is 37.6 Å². The molecule has 2 bridgehead atoms. The second-order valence-electron chi connectivity index (χ2n) is 5.45. The number of rotatable bonds is 5. The van der Waals surface area contributed by atoms with Crippen LogP contribution < -0.4 is 10.6 Å². The topological polar surface area (TPSA) is 44.4 Å². The lowest BCUT2D eigenvalue weighted by atomic mass is 9.98. The van der Waals surface area contributed by atoms with E-state index < -0.39 is 0 Å². The third-order valence-corrected chi connectivity index (χ3v) is 4.14. The first-order valence-electron chi connectivity index (χ1n) is 6.92. The molecule has 2 unspecified atom stereocenters. The van der Waals surface area contributed by atoms with Crippen LogP contribution in [0.3, 0.4) is 0 Å². The molecule has 2 atom stereocenters. The van der Waals surface area contributed by atoms with Gasteiger partial charge in [-0.2, -0.15) is 0 Å². The Morgan fingerprint density at radius 2 is 2.00 bits per heavy atom. The first-order valence-corrected chi connectivity index (χ1v) is 6.92. The van der Waals surface area contributed by atoms with E-state index >= 15 is 0 Å². The Balaban J connectivity index is 1.72. The summed E-state index contributed by atoms with van der Waals surface area (Å²) in [6.07, 6.45) is 5.81. The maximum absolute atomic E-state index is 11.4.